The van der Waals surface area contributed by atoms with Crippen LogP contribution in [0.5, 0.6) is 0 Å². The molecule has 1 fully saturated rings. The van der Waals surface area contributed by atoms with Crippen LogP contribution in [0.4, 0.5) is 0 Å². The van der Waals surface area contributed by atoms with Gasteiger partial charge in [0, 0.05) is 5.69 Å². The number of carbonyl (C=O) groups excluding carboxylic acids is 1. The molecule has 1 aromatic heterocycles. The molecule has 0 amide bonds. The van der Waals surface area contributed by atoms with E-state index < -0.39 is 0 Å². The third-order valence-electron chi connectivity index (χ3n) is 5.62. The number of carbonyl (C=O) groups is 1. The highest BCUT2D eigenvalue weighted by molar-refractivity contribution is 7.99. The van der Waals surface area contributed by atoms with E-state index in [0.29, 0.717) is 17.8 Å². The fourth-order valence-corrected chi connectivity index (χ4v) is 4.86. The first-order chi connectivity index (χ1) is 13.3. The molecule has 152 valence electrons. The quantitative estimate of drug-likeness (QED) is 0.505. The highest BCUT2D eigenvalue weighted by Gasteiger charge is 2.33. The van der Waals surface area contributed by atoms with Crippen LogP contribution in [0.25, 0.3) is 5.69 Å². The minimum atomic E-state index is -0.161. The van der Waals surface area contributed by atoms with Gasteiger partial charge in [-0.2, -0.15) is 0 Å². The highest BCUT2D eigenvalue weighted by Crippen LogP contribution is 2.35. The number of benzene rings is 1. The maximum absolute atomic E-state index is 12.6. The second kappa shape index (κ2) is 9.12. The van der Waals surface area contributed by atoms with Crippen LogP contribution in [0, 0.1) is 31.6 Å². The lowest BCUT2D eigenvalue weighted by Crippen LogP contribution is -2.36. The summed E-state index contributed by atoms with van der Waals surface area (Å²) in [4.78, 5) is 12.6. The third kappa shape index (κ3) is 4.96. The number of hydrogen-bond donors (Lipinski definition) is 0. The molecule has 0 spiro atoms. The molecule has 6 heteroatoms. The zero-order valence-corrected chi connectivity index (χ0v) is 18.3. The molecule has 5 nitrogen and oxygen atoms in total. The largest absolute Gasteiger partial charge is 0.461 e. The number of rotatable bonds is 6. The molecule has 3 unspecified atom stereocenters. The van der Waals surface area contributed by atoms with Crippen LogP contribution in [0.1, 0.15) is 51.4 Å². The number of aromatic nitrogens is 3. The first-order valence-electron chi connectivity index (χ1n) is 10.2. The molecule has 1 aliphatic carbocycles. The lowest BCUT2D eigenvalue weighted by Gasteiger charge is -2.36. The standard InChI is InChI=1S/C22H31N3O2S/c1-14(2)19-10-9-16(4)12-20(19)27-21(26)13-28-22-24-23-17(5)25(22)18-8-6-7-15(3)11-18/h6-8,11,14,16,19-20H,9-10,12-13H2,1-5H3. The van der Waals surface area contributed by atoms with E-state index >= 15 is 0 Å². The first-order valence-corrected chi connectivity index (χ1v) is 11.1. The molecule has 3 atom stereocenters. The maximum atomic E-state index is 12.6. The summed E-state index contributed by atoms with van der Waals surface area (Å²) in [6.45, 7) is 10.7. The summed E-state index contributed by atoms with van der Waals surface area (Å²) < 4.78 is 7.90. The first kappa shape index (κ1) is 20.9. The fraction of sp³-hybridized carbons (Fsp3) is 0.591. The Bertz CT molecular complexity index is 818. The predicted octanol–water partition coefficient (Wildman–Crippen LogP) is 4.98. The number of hydrogen-bond acceptors (Lipinski definition) is 5. The Labute approximate surface area is 172 Å². The average molecular weight is 402 g/mol. The van der Waals surface area contributed by atoms with E-state index in [4.69, 9.17) is 4.74 Å². The summed E-state index contributed by atoms with van der Waals surface area (Å²) in [5.74, 6) is 2.51. The van der Waals surface area contributed by atoms with Crippen LogP contribution in [0.3, 0.4) is 0 Å². The number of nitrogens with zero attached hydrogens (tertiary/aromatic N) is 3. The number of aryl methyl sites for hydroxylation is 2. The van der Waals surface area contributed by atoms with E-state index in [-0.39, 0.29) is 17.8 Å². The van der Waals surface area contributed by atoms with Crippen LogP contribution < -0.4 is 0 Å². The molecule has 1 saturated carbocycles. The Balaban J connectivity index is 1.65. The van der Waals surface area contributed by atoms with E-state index in [2.05, 4.69) is 50.0 Å². The van der Waals surface area contributed by atoms with Gasteiger partial charge in [-0.25, -0.2) is 0 Å². The maximum Gasteiger partial charge on any atom is 0.316 e. The predicted molar refractivity (Wildman–Crippen MR) is 113 cm³/mol. The summed E-state index contributed by atoms with van der Waals surface area (Å²) in [7, 11) is 0. The molecule has 1 aromatic carbocycles. The van der Waals surface area contributed by atoms with Gasteiger partial charge in [-0.05, 0) is 62.1 Å². The molecule has 3 rings (SSSR count). The van der Waals surface area contributed by atoms with E-state index in [1.807, 2.05) is 23.6 Å². The smallest absolute Gasteiger partial charge is 0.316 e. The van der Waals surface area contributed by atoms with Crippen LogP contribution in [0.2, 0.25) is 0 Å². The Kier molecular flexibility index (Phi) is 6.81. The Morgan fingerprint density at radius 3 is 2.79 bits per heavy atom. The van der Waals surface area contributed by atoms with Crippen LogP contribution in [0.15, 0.2) is 29.4 Å². The summed E-state index contributed by atoms with van der Waals surface area (Å²) in [5.41, 5.74) is 2.19. The fourth-order valence-electron chi connectivity index (χ4n) is 4.08. The number of ether oxygens (including phenoxy) is 1. The van der Waals surface area contributed by atoms with Crippen LogP contribution >= 0.6 is 11.8 Å². The Hall–Kier alpha value is -1.82. The summed E-state index contributed by atoms with van der Waals surface area (Å²) in [6.07, 6.45) is 3.38. The van der Waals surface area contributed by atoms with Crippen molar-refractivity contribution in [3.63, 3.8) is 0 Å². The molecule has 0 bridgehead atoms. The number of esters is 1. The van der Waals surface area contributed by atoms with Gasteiger partial charge in [0.25, 0.3) is 0 Å². The number of thioether (sulfide) groups is 1. The van der Waals surface area contributed by atoms with Gasteiger partial charge in [-0.1, -0.05) is 51.1 Å². The molecule has 0 saturated heterocycles. The van der Waals surface area contributed by atoms with E-state index in [9.17, 15) is 4.79 Å². The molecule has 1 aliphatic rings. The van der Waals surface area contributed by atoms with Crippen molar-refractivity contribution in [3.05, 3.63) is 35.7 Å². The zero-order valence-electron chi connectivity index (χ0n) is 17.5. The zero-order chi connectivity index (χ0) is 20.3. The van der Waals surface area contributed by atoms with Gasteiger partial charge in [0.2, 0.25) is 0 Å². The van der Waals surface area contributed by atoms with Crippen molar-refractivity contribution in [3.8, 4) is 5.69 Å². The molecule has 0 aliphatic heterocycles. The van der Waals surface area contributed by atoms with E-state index in [1.165, 1.54) is 23.7 Å². The van der Waals surface area contributed by atoms with Crippen molar-refractivity contribution >= 4 is 17.7 Å². The van der Waals surface area contributed by atoms with Gasteiger partial charge in [0.1, 0.15) is 11.9 Å². The topological polar surface area (TPSA) is 57.0 Å². The average Bonchev–Trinajstić information content (AvgIpc) is 3.00. The van der Waals surface area contributed by atoms with Crippen molar-refractivity contribution in [2.24, 2.45) is 17.8 Å². The van der Waals surface area contributed by atoms with Crippen molar-refractivity contribution in [1.82, 2.24) is 14.8 Å². The lowest BCUT2D eigenvalue weighted by atomic mass is 9.75. The van der Waals surface area contributed by atoms with Crippen molar-refractivity contribution in [2.45, 2.75) is 65.1 Å². The summed E-state index contributed by atoms with van der Waals surface area (Å²) >= 11 is 1.39. The molecule has 0 radical (unpaired) electrons. The van der Waals surface area contributed by atoms with Crippen LogP contribution in [-0.2, 0) is 9.53 Å². The van der Waals surface area contributed by atoms with Gasteiger partial charge in [0.05, 0.1) is 5.75 Å². The van der Waals surface area contributed by atoms with E-state index in [1.54, 1.807) is 0 Å². The molecular weight excluding hydrogens is 370 g/mol. The van der Waals surface area contributed by atoms with Gasteiger partial charge in [0.15, 0.2) is 5.16 Å². The lowest BCUT2D eigenvalue weighted by molar-refractivity contribution is -0.152. The molecule has 0 N–H and O–H groups in total. The van der Waals surface area contributed by atoms with Crippen LogP contribution in [-0.4, -0.2) is 32.6 Å². The minimum Gasteiger partial charge on any atom is -0.461 e. The monoisotopic (exact) mass is 401 g/mol. The summed E-state index contributed by atoms with van der Waals surface area (Å²) in [5, 5.41) is 9.19. The normalized spacial score (nSPS) is 22.4. The second-order valence-electron chi connectivity index (χ2n) is 8.35. The van der Waals surface area contributed by atoms with Crippen molar-refractivity contribution < 1.29 is 9.53 Å². The molecule has 2 aromatic rings. The minimum absolute atomic E-state index is 0.0354. The molecule has 1 heterocycles. The third-order valence-corrected chi connectivity index (χ3v) is 6.52. The SMILES string of the molecule is Cc1cccc(-n2c(C)nnc2SCC(=O)OC2CC(C)CCC2C(C)C)c1. The Morgan fingerprint density at radius 1 is 1.29 bits per heavy atom. The molecular formula is C22H31N3O2S. The van der Waals surface area contributed by atoms with Gasteiger partial charge < -0.3 is 4.74 Å². The van der Waals surface area contributed by atoms with Gasteiger partial charge in [-0.3, -0.25) is 9.36 Å². The molecule has 28 heavy (non-hydrogen) atoms. The van der Waals surface area contributed by atoms with Gasteiger partial charge >= 0.3 is 5.97 Å². The second-order valence-corrected chi connectivity index (χ2v) is 9.29. The Morgan fingerprint density at radius 2 is 2.07 bits per heavy atom. The van der Waals surface area contributed by atoms with E-state index in [0.717, 1.165) is 29.5 Å². The van der Waals surface area contributed by atoms with Crippen molar-refractivity contribution in [1.29, 1.82) is 0 Å². The van der Waals surface area contributed by atoms with Gasteiger partial charge in [-0.15, -0.1) is 10.2 Å². The highest BCUT2D eigenvalue weighted by atomic mass is 32.2. The van der Waals surface area contributed by atoms with Crippen molar-refractivity contribution in [2.75, 3.05) is 5.75 Å². The summed E-state index contributed by atoms with van der Waals surface area (Å²) in [6, 6.07) is 8.20.